The lowest BCUT2D eigenvalue weighted by atomic mass is 10.1. The Hall–Kier alpha value is -2.34. The van der Waals surface area contributed by atoms with E-state index in [1.165, 1.54) is 0 Å². The number of aromatic hydroxyl groups is 1. The average molecular weight is 288 g/mol. The molecule has 2 aromatic rings. The normalized spacial score (nSPS) is 12.1. The number of hydrogen-bond donors (Lipinski definition) is 3. The number of carbonyl (C=O) groups is 1. The first kappa shape index (κ1) is 15.1. The van der Waals surface area contributed by atoms with Crippen molar-refractivity contribution in [2.75, 3.05) is 6.54 Å². The summed E-state index contributed by atoms with van der Waals surface area (Å²) in [6.07, 6.45) is 4.87. The van der Waals surface area contributed by atoms with E-state index in [-0.39, 0.29) is 11.7 Å². The summed E-state index contributed by atoms with van der Waals surface area (Å²) in [6, 6.07) is 6.10. The predicted molar refractivity (Wildman–Crippen MR) is 79.7 cm³/mol. The Morgan fingerprint density at radius 3 is 2.71 bits per heavy atom. The van der Waals surface area contributed by atoms with Crippen molar-refractivity contribution in [2.45, 2.75) is 18.9 Å². The minimum absolute atomic E-state index is 0.174. The molecule has 0 aliphatic rings. The molecule has 0 saturated heterocycles. The Balaban J connectivity index is 1.75. The van der Waals surface area contributed by atoms with Gasteiger partial charge in [0.1, 0.15) is 5.75 Å². The molecule has 0 unspecified atom stereocenters. The fourth-order valence-corrected chi connectivity index (χ4v) is 2.04. The molecule has 1 atom stereocenters. The van der Waals surface area contributed by atoms with Gasteiger partial charge in [0.15, 0.2) is 0 Å². The van der Waals surface area contributed by atoms with Crippen LogP contribution in [0.2, 0.25) is 0 Å². The van der Waals surface area contributed by atoms with Crippen molar-refractivity contribution in [3.8, 4) is 5.75 Å². The third kappa shape index (κ3) is 4.61. The summed E-state index contributed by atoms with van der Waals surface area (Å²) in [7, 11) is 1.86. The van der Waals surface area contributed by atoms with Gasteiger partial charge in [-0.05, 0) is 36.1 Å². The highest BCUT2D eigenvalue weighted by atomic mass is 16.3. The molecule has 0 aliphatic carbocycles. The fourth-order valence-electron chi connectivity index (χ4n) is 2.04. The molecule has 4 N–H and O–H groups in total. The molecular weight excluding hydrogens is 268 g/mol. The maximum Gasteiger partial charge on any atom is 0.237 e. The van der Waals surface area contributed by atoms with E-state index >= 15 is 0 Å². The van der Waals surface area contributed by atoms with Crippen molar-refractivity contribution in [1.82, 2.24) is 15.1 Å². The van der Waals surface area contributed by atoms with Gasteiger partial charge in [-0.2, -0.15) is 5.10 Å². The van der Waals surface area contributed by atoms with Crippen LogP contribution in [-0.4, -0.2) is 33.4 Å². The van der Waals surface area contributed by atoms with Crippen LogP contribution in [0.4, 0.5) is 0 Å². The fraction of sp³-hybridized carbons (Fsp3) is 0.333. The van der Waals surface area contributed by atoms with Gasteiger partial charge < -0.3 is 16.2 Å². The molecule has 1 aromatic carbocycles. The van der Waals surface area contributed by atoms with Gasteiger partial charge >= 0.3 is 0 Å². The third-order valence-electron chi connectivity index (χ3n) is 3.20. The van der Waals surface area contributed by atoms with Crippen LogP contribution >= 0.6 is 0 Å². The van der Waals surface area contributed by atoms with Crippen molar-refractivity contribution in [1.29, 1.82) is 0 Å². The Kier molecular flexibility index (Phi) is 4.94. The van der Waals surface area contributed by atoms with Crippen molar-refractivity contribution >= 4 is 5.91 Å². The Morgan fingerprint density at radius 2 is 2.10 bits per heavy atom. The average Bonchev–Trinajstić information content (AvgIpc) is 2.87. The van der Waals surface area contributed by atoms with Crippen LogP contribution in [0, 0.1) is 0 Å². The monoisotopic (exact) mass is 288 g/mol. The molecule has 0 spiro atoms. The topological polar surface area (TPSA) is 93.2 Å². The molecule has 1 heterocycles. The lowest BCUT2D eigenvalue weighted by Gasteiger charge is -2.12. The second-order valence-electron chi connectivity index (χ2n) is 5.04. The van der Waals surface area contributed by atoms with E-state index in [1.807, 2.05) is 13.2 Å². The molecule has 0 radical (unpaired) electrons. The van der Waals surface area contributed by atoms with Crippen molar-refractivity contribution in [2.24, 2.45) is 12.8 Å². The number of benzene rings is 1. The van der Waals surface area contributed by atoms with E-state index in [1.54, 1.807) is 35.1 Å². The number of nitrogens with two attached hydrogens (primary N) is 1. The van der Waals surface area contributed by atoms with Gasteiger partial charge in [0.05, 0.1) is 12.2 Å². The van der Waals surface area contributed by atoms with Crippen molar-refractivity contribution < 1.29 is 9.90 Å². The van der Waals surface area contributed by atoms with Gasteiger partial charge in [-0.15, -0.1) is 0 Å². The summed E-state index contributed by atoms with van der Waals surface area (Å²) in [5.74, 6) is 0.0280. The number of hydrogen-bond acceptors (Lipinski definition) is 4. The van der Waals surface area contributed by atoms with Crippen LogP contribution in [0.5, 0.6) is 5.75 Å². The number of rotatable bonds is 6. The maximum atomic E-state index is 11.9. The first-order valence-corrected chi connectivity index (χ1v) is 6.83. The maximum absolute atomic E-state index is 11.9. The standard InChI is InChI=1S/C15H20N4O2/c1-19-10-12(9-18-19)6-7-17-15(21)14(16)8-11-2-4-13(20)5-3-11/h2-5,9-10,14,20H,6-8,16H2,1H3,(H,17,21)/t14-/m1/s1. The zero-order valence-corrected chi connectivity index (χ0v) is 12.0. The smallest absolute Gasteiger partial charge is 0.237 e. The highest BCUT2D eigenvalue weighted by Gasteiger charge is 2.13. The number of aromatic nitrogens is 2. The third-order valence-corrected chi connectivity index (χ3v) is 3.20. The Morgan fingerprint density at radius 1 is 1.38 bits per heavy atom. The SMILES string of the molecule is Cn1cc(CCNC(=O)[C@H](N)Cc2ccc(O)cc2)cn1. The van der Waals surface area contributed by atoms with Crippen LogP contribution in [0.1, 0.15) is 11.1 Å². The highest BCUT2D eigenvalue weighted by Crippen LogP contribution is 2.10. The molecule has 1 amide bonds. The molecule has 21 heavy (non-hydrogen) atoms. The van der Waals surface area contributed by atoms with Crippen LogP contribution in [-0.2, 0) is 24.7 Å². The summed E-state index contributed by atoms with van der Waals surface area (Å²) < 4.78 is 1.73. The quantitative estimate of drug-likeness (QED) is 0.715. The molecule has 112 valence electrons. The molecule has 1 aromatic heterocycles. The second kappa shape index (κ2) is 6.90. The largest absolute Gasteiger partial charge is 0.508 e. The number of nitrogens with one attached hydrogen (secondary N) is 1. The Labute approximate surface area is 123 Å². The second-order valence-corrected chi connectivity index (χ2v) is 5.04. The number of phenolic OH excluding ortho intramolecular Hbond substituents is 1. The number of carbonyl (C=O) groups excluding carboxylic acids is 1. The molecule has 0 aliphatic heterocycles. The van der Waals surface area contributed by atoms with E-state index in [2.05, 4.69) is 10.4 Å². The Bertz CT molecular complexity index is 592. The number of nitrogens with zero attached hydrogens (tertiary/aromatic N) is 2. The summed E-state index contributed by atoms with van der Waals surface area (Å²) >= 11 is 0. The molecule has 6 heteroatoms. The van der Waals surface area contributed by atoms with Gasteiger partial charge in [-0.1, -0.05) is 12.1 Å². The number of aryl methyl sites for hydroxylation is 1. The van der Waals surface area contributed by atoms with Gasteiger partial charge in [0.2, 0.25) is 5.91 Å². The molecular formula is C15H20N4O2. The predicted octanol–water partition coefficient (Wildman–Crippen LogP) is 0.354. The van der Waals surface area contributed by atoms with Crippen LogP contribution in [0.3, 0.4) is 0 Å². The first-order chi connectivity index (χ1) is 10.0. The van der Waals surface area contributed by atoms with Gasteiger partial charge in [0.25, 0.3) is 0 Å². The van der Waals surface area contributed by atoms with E-state index < -0.39 is 6.04 Å². The number of amides is 1. The summed E-state index contributed by atoms with van der Waals surface area (Å²) in [6.45, 7) is 0.536. The summed E-state index contributed by atoms with van der Waals surface area (Å²) in [4.78, 5) is 11.9. The van der Waals surface area contributed by atoms with Crippen LogP contribution in [0.25, 0.3) is 0 Å². The molecule has 0 fully saturated rings. The first-order valence-electron chi connectivity index (χ1n) is 6.83. The van der Waals surface area contributed by atoms with Crippen LogP contribution < -0.4 is 11.1 Å². The van der Waals surface area contributed by atoms with Gasteiger partial charge in [0, 0.05) is 19.8 Å². The highest BCUT2D eigenvalue weighted by molar-refractivity contribution is 5.81. The molecule has 0 bridgehead atoms. The summed E-state index contributed by atoms with van der Waals surface area (Å²) in [5.41, 5.74) is 7.87. The van der Waals surface area contributed by atoms with Crippen LogP contribution in [0.15, 0.2) is 36.7 Å². The minimum atomic E-state index is -0.594. The van der Waals surface area contributed by atoms with Gasteiger partial charge in [-0.3, -0.25) is 9.48 Å². The lowest BCUT2D eigenvalue weighted by molar-refractivity contribution is -0.122. The van der Waals surface area contributed by atoms with Crippen molar-refractivity contribution in [3.05, 3.63) is 47.8 Å². The number of phenols is 1. The van der Waals surface area contributed by atoms with E-state index in [0.717, 1.165) is 17.5 Å². The van der Waals surface area contributed by atoms with E-state index in [0.29, 0.717) is 13.0 Å². The lowest BCUT2D eigenvalue weighted by Crippen LogP contribution is -2.42. The molecule has 6 nitrogen and oxygen atoms in total. The molecule has 2 rings (SSSR count). The zero-order chi connectivity index (χ0) is 15.2. The van der Waals surface area contributed by atoms with E-state index in [9.17, 15) is 9.90 Å². The van der Waals surface area contributed by atoms with Crippen molar-refractivity contribution in [3.63, 3.8) is 0 Å². The minimum Gasteiger partial charge on any atom is -0.508 e. The zero-order valence-electron chi connectivity index (χ0n) is 12.0. The van der Waals surface area contributed by atoms with Gasteiger partial charge in [-0.25, -0.2) is 0 Å². The summed E-state index contributed by atoms with van der Waals surface area (Å²) in [5, 5.41) is 16.1. The molecule has 0 saturated carbocycles. The van der Waals surface area contributed by atoms with E-state index in [4.69, 9.17) is 5.73 Å².